The third-order valence-corrected chi connectivity index (χ3v) is 3.60. The average Bonchev–Trinajstić information content (AvgIpc) is 2.65. The maximum absolute atomic E-state index is 5.76. The number of anilines is 1. The van der Waals surface area contributed by atoms with E-state index in [1.54, 1.807) is 11.3 Å². The summed E-state index contributed by atoms with van der Waals surface area (Å²) in [6, 6.07) is 7.85. The molecular formula is C13H16N2S. The van der Waals surface area contributed by atoms with E-state index in [0.29, 0.717) is 0 Å². The number of nitrogen functional groups attached to an aromatic ring is 1. The second-order valence-corrected chi connectivity index (χ2v) is 5.77. The first-order chi connectivity index (χ1) is 7.47. The lowest BCUT2D eigenvalue weighted by molar-refractivity contribution is 0.586. The molecule has 84 valence electrons. The van der Waals surface area contributed by atoms with Crippen LogP contribution < -0.4 is 5.73 Å². The van der Waals surface area contributed by atoms with Gasteiger partial charge in [0.1, 0.15) is 0 Å². The topological polar surface area (TPSA) is 38.9 Å². The maximum Gasteiger partial charge on any atom is 0.0986 e. The third-order valence-electron chi connectivity index (χ3n) is 2.33. The molecule has 0 aliphatic carbocycles. The molecule has 1 aromatic heterocycles. The van der Waals surface area contributed by atoms with Crippen LogP contribution in [0.3, 0.4) is 0 Å². The molecule has 0 amide bonds. The molecule has 0 bridgehead atoms. The Labute approximate surface area is 100 Å². The summed E-state index contributed by atoms with van der Waals surface area (Å²) in [6.07, 6.45) is 0. The lowest BCUT2D eigenvalue weighted by Gasteiger charge is -2.13. The first kappa shape index (κ1) is 11.1. The first-order valence-corrected chi connectivity index (χ1v) is 6.17. The van der Waals surface area contributed by atoms with Gasteiger partial charge in [0.25, 0.3) is 0 Å². The molecule has 0 saturated carbocycles. The zero-order valence-corrected chi connectivity index (χ0v) is 10.6. The zero-order valence-electron chi connectivity index (χ0n) is 9.82. The highest BCUT2D eigenvalue weighted by Crippen LogP contribution is 2.30. The van der Waals surface area contributed by atoms with Gasteiger partial charge in [0.05, 0.1) is 10.7 Å². The minimum atomic E-state index is 0.114. The van der Waals surface area contributed by atoms with E-state index in [1.165, 1.54) is 0 Å². The number of aromatic nitrogens is 1. The fraction of sp³-hybridized carbons (Fsp3) is 0.308. The number of benzene rings is 1. The molecule has 0 spiro atoms. The normalized spacial score (nSPS) is 11.7. The maximum atomic E-state index is 5.76. The molecular weight excluding hydrogens is 216 g/mol. The van der Waals surface area contributed by atoms with Gasteiger partial charge in [-0.3, -0.25) is 0 Å². The standard InChI is InChI=1S/C13H16N2S/c1-13(2,3)12-15-11(8-16-12)9-5-4-6-10(14)7-9/h4-8H,14H2,1-3H3. The van der Waals surface area contributed by atoms with Crippen LogP contribution in [-0.4, -0.2) is 4.98 Å². The number of thiazole rings is 1. The molecule has 1 heterocycles. The average molecular weight is 232 g/mol. The van der Waals surface area contributed by atoms with E-state index in [9.17, 15) is 0 Å². The Hall–Kier alpha value is -1.35. The van der Waals surface area contributed by atoms with Gasteiger partial charge in [0, 0.05) is 22.0 Å². The largest absolute Gasteiger partial charge is 0.399 e. The molecule has 0 unspecified atom stereocenters. The van der Waals surface area contributed by atoms with Gasteiger partial charge in [-0.25, -0.2) is 4.98 Å². The first-order valence-electron chi connectivity index (χ1n) is 5.29. The number of nitrogens with zero attached hydrogens (tertiary/aromatic N) is 1. The summed E-state index contributed by atoms with van der Waals surface area (Å²) >= 11 is 1.71. The second kappa shape index (κ2) is 3.91. The predicted octanol–water partition coefficient (Wildman–Crippen LogP) is 3.69. The van der Waals surface area contributed by atoms with Crippen molar-refractivity contribution in [1.29, 1.82) is 0 Å². The van der Waals surface area contributed by atoms with Gasteiger partial charge in [-0.1, -0.05) is 32.9 Å². The number of nitrogens with two attached hydrogens (primary N) is 1. The van der Waals surface area contributed by atoms with Gasteiger partial charge in [-0.2, -0.15) is 0 Å². The zero-order chi connectivity index (χ0) is 11.8. The van der Waals surface area contributed by atoms with Crippen molar-refractivity contribution in [3.8, 4) is 11.3 Å². The van der Waals surface area contributed by atoms with Crippen LogP contribution >= 0.6 is 11.3 Å². The molecule has 0 saturated heterocycles. The van der Waals surface area contributed by atoms with Crippen LogP contribution in [0.4, 0.5) is 5.69 Å². The highest BCUT2D eigenvalue weighted by Gasteiger charge is 2.18. The van der Waals surface area contributed by atoms with Crippen molar-refractivity contribution < 1.29 is 0 Å². The summed E-state index contributed by atoms with van der Waals surface area (Å²) in [5.74, 6) is 0. The van der Waals surface area contributed by atoms with E-state index in [0.717, 1.165) is 22.0 Å². The smallest absolute Gasteiger partial charge is 0.0986 e. The van der Waals surface area contributed by atoms with E-state index >= 15 is 0 Å². The van der Waals surface area contributed by atoms with E-state index in [4.69, 9.17) is 5.73 Å². The van der Waals surface area contributed by atoms with Crippen LogP contribution in [0.5, 0.6) is 0 Å². The van der Waals surface area contributed by atoms with Crippen molar-refractivity contribution in [3.05, 3.63) is 34.7 Å². The van der Waals surface area contributed by atoms with E-state index < -0.39 is 0 Å². The highest BCUT2D eigenvalue weighted by atomic mass is 32.1. The number of rotatable bonds is 1. The monoisotopic (exact) mass is 232 g/mol. The Bertz CT molecular complexity index is 495. The van der Waals surface area contributed by atoms with Crippen molar-refractivity contribution in [3.63, 3.8) is 0 Å². The van der Waals surface area contributed by atoms with Crippen molar-refractivity contribution in [2.24, 2.45) is 0 Å². The molecule has 0 radical (unpaired) electrons. The summed E-state index contributed by atoms with van der Waals surface area (Å²) < 4.78 is 0. The molecule has 1 aromatic carbocycles. The molecule has 2 aromatic rings. The molecule has 3 heteroatoms. The fourth-order valence-corrected chi connectivity index (χ4v) is 2.37. The number of hydrogen-bond donors (Lipinski definition) is 1. The Morgan fingerprint density at radius 2 is 2.00 bits per heavy atom. The van der Waals surface area contributed by atoms with Gasteiger partial charge >= 0.3 is 0 Å². The quantitative estimate of drug-likeness (QED) is 0.762. The highest BCUT2D eigenvalue weighted by molar-refractivity contribution is 7.10. The van der Waals surface area contributed by atoms with Crippen molar-refractivity contribution >= 4 is 17.0 Å². The Morgan fingerprint density at radius 3 is 2.56 bits per heavy atom. The fourth-order valence-electron chi connectivity index (χ4n) is 1.45. The molecule has 0 aliphatic heterocycles. The lowest BCUT2D eigenvalue weighted by atomic mass is 9.98. The summed E-state index contributed by atoms with van der Waals surface area (Å²) in [6.45, 7) is 6.53. The minimum absolute atomic E-state index is 0.114. The molecule has 0 fully saturated rings. The van der Waals surface area contributed by atoms with Crippen molar-refractivity contribution in [1.82, 2.24) is 4.98 Å². The van der Waals surface area contributed by atoms with Crippen LogP contribution in [0.1, 0.15) is 25.8 Å². The Kier molecular flexibility index (Phi) is 2.72. The molecule has 16 heavy (non-hydrogen) atoms. The van der Waals surface area contributed by atoms with Crippen molar-refractivity contribution in [2.75, 3.05) is 5.73 Å². The molecule has 2 nitrogen and oxygen atoms in total. The van der Waals surface area contributed by atoms with Crippen LogP contribution in [-0.2, 0) is 5.41 Å². The van der Waals surface area contributed by atoms with Gasteiger partial charge in [-0.15, -0.1) is 11.3 Å². The van der Waals surface area contributed by atoms with Crippen LogP contribution in [0.25, 0.3) is 11.3 Å². The van der Waals surface area contributed by atoms with Crippen LogP contribution in [0.2, 0.25) is 0 Å². The van der Waals surface area contributed by atoms with Gasteiger partial charge < -0.3 is 5.73 Å². The van der Waals surface area contributed by atoms with E-state index in [2.05, 4.69) is 31.1 Å². The van der Waals surface area contributed by atoms with Gasteiger partial charge in [0.2, 0.25) is 0 Å². The molecule has 2 rings (SSSR count). The van der Waals surface area contributed by atoms with E-state index in [1.807, 2.05) is 24.3 Å². The SMILES string of the molecule is CC(C)(C)c1nc(-c2cccc(N)c2)cs1. The van der Waals surface area contributed by atoms with Crippen LogP contribution in [0.15, 0.2) is 29.6 Å². The summed E-state index contributed by atoms with van der Waals surface area (Å²) in [5, 5.41) is 3.25. The number of hydrogen-bond acceptors (Lipinski definition) is 3. The summed E-state index contributed by atoms with van der Waals surface area (Å²) in [7, 11) is 0. The van der Waals surface area contributed by atoms with Crippen LogP contribution in [0, 0.1) is 0 Å². The summed E-state index contributed by atoms with van der Waals surface area (Å²) in [5.41, 5.74) is 8.76. The molecule has 0 atom stereocenters. The minimum Gasteiger partial charge on any atom is -0.399 e. The lowest BCUT2D eigenvalue weighted by Crippen LogP contribution is -2.10. The molecule has 2 N–H and O–H groups in total. The van der Waals surface area contributed by atoms with Crippen molar-refractivity contribution in [2.45, 2.75) is 26.2 Å². The summed E-state index contributed by atoms with van der Waals surface area (Å²) in [4.78, 5) is 4.66. The Morgan fingerprint density at radius 1 is 1.25 bits per heavy atom. The van der Waals surface area contributed by atoms with Gasteiger partial charge in [0.15, 0.2) is 0 Å². The predicted molar refractivity (Wildman–Crippen MR) is 70.7 cm³/mol. The van der Waals surface area contributed by atoms with Gasteiger partial charge in [-0.05, 0) is 12.1 Å². The molecule has 0 aliphatic rings. The Balaban J connectivity index is 2.39. The van der Waals surface area contributed by atoms with E-state index in [-0.39, 0.29) is 5.41 Å². The third kappa shape index (κ3) is 2.25. The second-order valence-electron chi connectivity index (χ2n) is 4.91.